The lowest BCUT2D eigenvalue weighted by atomic mass is 10.1. The molecule has 0 radical (unpaired) electrons. The molecule has 1 aliphatic rings. The summed E-state index contributed by atoms with van der Waals surface area (Å²) in [6, 6.07) is 7.87. The summed E-state index contributed by atoms with van der Waals surface area (Å²) >= 11 is 0. The minimum Gasteiger partial charge on any atom is -0.337 e. The average molecular weight is 403 g/mol. The summed E-state index contributed by atoms with van der Waals surface area (Å²) in [5.41, 5.74) is 1.06. The molecule has 3 aromatic heterocycles. The number of benzene rings is 1. The molecule has 1 saturated heterocycles. The van der Waals surface area contributed by atoms with Crippen LogP contribution < -0.4 is 4.90 Å². The van der Waals surface area contributed by atoms with Crippen LogP contribution in [0.4, 0.5) is 10.3 Å². The van der Waals surface area contributed by atoms with Crippen LogP contribution in [0.3, 0.4) is 0 Å². The van der Waals surface area contributed by atoms with Gasteiger partial charge in [-0.3, -0.25) is 9.36 Å². The second-order valence-electron chi connectivity index (χ2n) is 6.95. The van der Waals surface area contributed by atoms with Gasteiger partial charge in [0, 0.05) is 62.5 Å². The van der Waals surface area contributed by atoms with E-state index in [0.29, 0.717) is 54.5 Å². The van der Waals surface area contributed by atoms with Gasteiger partial charge in [0.2, 0.25) is 11.9 Å². The second-order valence-corrected chi connectivity index (χ2v) is 6.95. The first kappa shape index (κ1) is 18.2. The topological polar surface area (TPSA) is 80.0 Å². The fraction of sp³-hybridized carbons (Fsp3) is 0.190. The lowest BCUT2D eigenvalue weighted by molar-refractivity contribution is 0.0748. The van der Waals surface area contributed by atoms with E-state index in [0.717, 1.165) is 0 Å². The molecule has 0 atom stereocenters. The van der Waals surface area contributed by atoms with Gasteiger partial charge in [-0.15, -0.1) is 0 Å². The van der Waals surface area contributed by atoms with Crippen LogP contribution in [0.15, 0.2) is 61.3 Å². The SMILES string of the molecule is O=C(c1cn(-c2ncccn2)c2cc(F)ccc12)N1CCN(c2ncccn2)CC1. The van der Waals surface area contributed by atoms with Crippen molar-refractivity contribution in [2.45, 2.75) is 0 Å². The van der Waals surface area contributed by atoms with Crippen molar-refractivity contribution in [3.05, 3.63) is 72.7 Å². The minimum atomic E-state index is -0.381. The quantitative estimate of drug-likeness (QED) is 0.522. The highest BCUT2D eigenvalue weighted by Crippen LogP contribution is 2.26. The molecule has 8 nitrogen and oxygen atoms in total. The first-order chi connectivity index (χ1) is 14.7. The molecule has 1 aliphatic heterocycles. The van der Waals surface area contributed by atoms with Gasteiger partial charge in [0.05, 0.1) is 11.1 Å². The largest absolute Gasteiger partial charge is 0.337 e. The molecule has 0 bridgehead atoms. The van der Waals surface area contributed by atoms with Crippen molar-refractivity contribution >= 4 is 22.8 Å². The predicted molar refractivity (Wildman–Crippen MR) is 109 cm³/mol. The van der Waals surface area contributed by atoms with E-state index in [1.54, 1.807) is 58.7 Å². The zero-order valence-corrected chi connectivity index (χ0v) is 16.0. The Bertz CT molecular complexity index is 1190. The van der Waals surface area contributed by atoms with Crippen LogP contribution in [0.5, 0.6) is 0 Å². The van der Waals surface area contributed by atoms with E-state index in [1.165, 1.54) is 12.1 Å². The lowest BCUT2D eigenvalue weighted by Crippen LogP contribution is -2.49. The number of aromatic nitrogens is 5. The number of halogens is 1. The summed E-state index contributed by atoms with van der Waals surface area (Å²) in [6.45, 7) is 2.38. The van der Waals surface area contributed by atoms with Gasteiger partial charge in [0.25, 0.3) is 5.91 Å². The molecule has 5 rings (SSSR count). The van der Waals surface area contributed by atoms with Gasteiger partial charge in [-0.1, -0.05) is 0 Å². The maximum absolute atomic E-state index is 13.9. The molecule has 0 unspecified atom stereocenters. The minimum absolute atomic E-state index is 0.102. The third-order valence-electron chi connectivity index (χ3n) is 5.17. The van der Waals surface area contributed by atoms with Crippen molar-refractivity contribution in [1.29, 1.82) is 0 Å². The van der Waals surface area contributed by atoms with Gasteiger partial charge >= 0.3 is 0 Å². The van der Waals surface area contributed by atoms with Gasteiger partial charge in [-0.05, 0) is 30.3 Å². The summed E-state index contributed by atoms with van der Waals surface area (Å²) in [7, 11) is 0. The third-order valence-corrected chi connectivity index (χ3v) is 5.17. The number of nitrogens with zero attached hydrogens (tertiary/aromatic N) is 7. The van der Waals surface area contributed by atoms with Gasteiger partial charge < -0.3 is 9.80 Å². The molecule has 1 fully saturated rings. The number of anilines is 1. The van der Waals surface area contributed by atoms with Crippen molar-refractivity contribution in [3.8, 4) is 5.95 Å². The molecule has 0 saturated carbocycles. The number of hydrogen-bond acceptors (Lipinski definition) is 6. The zero-order chi connectivity index (χ0) is 20.5. The summed E-state index contributed by atoms with van der Waals surface area (Å²) in [5, 5.41) is 0.669. The van der Waals surface area contributed by atoms with Gasteiger partial charge in [-0.25, -0.2) is 24.3 Å². The van der Waals surface area contributed by atoms with Crippen LogP contribution in [0.2, 0.25) is 0 Å². The molecule has 4 heterocycles. The highest BCUT2D eigenvalue weighted by Gasteiger charge is 2.26. The fourth-order valence-corrected chi connectivity index (χ4v) is 3.69. The number of hydrogen-bond donors (Lipinski definition) is 0. The molecule has 9 heteroatoms. The first-order valence-corrected chi connectivity index (χ1v) is 9.60. The molecule has 1 aromatic carbocycles. The summed E-state index contributed by atoms with van der Waals surface area (Å²) in [6.07, 6.45) is 8.33. The van der Waals surface area contributed by atoms with E-state index in [9.17, 15) is 9.18 Å². The van der Waals surface area contributed by atoms with Crippen LogP contribution in [0.25, 0.3) is 16.9 Å². The Morgan fingerprint density at radius 1 is 0.867 bits per heavy atom. The Kier molecular flexibility index (Phi) is 4.55. The molecule has 0 aliphatic carbocycles. The molecular formula is C21H18FN7O. The molecule has 30 heavy (non-hydrogen) atoms. The Labute approximate surface area is 171 Å². The fourth-order valence-electron chi connectivity index (χ4n) is 3.69. The van der Waals surface area contributed by atoms with E-state index in [-0.39, 0.29) is 11.7 Å². The molecule has 0 spiro atoms. The standard InChI is InChI=1S/C21H18FN7O/c22-15-3-4-16-17(14-29(18(16)13-15)21-25-7-2-8-26-21)19(30)27-9-11-28(12-10-27)20-23-5-1-6-24-20/h1-8,13-14H,9-12H2. The summed E-state index contributed by atoms with van der Waals surface area (Å²) < 4.78 is 15.6. The van der Waals surface area contributed by atoms with Crippen molar-refractivity contribution in [2.75, 3.05) is 31.1 Å². The molecule has 150 valence electrons. The lowest BCUT2D eigenvalue weighted by Gasteiger charge is -2.34. The zero-order valence-electron chi connectivity index (χ0n) is 16.0. The first-order valence-electron chi connectivity index (χ1n) is 9.60. The van der Waals surface area contributed by atoms with Crippen LogP contribution in [0.1, 0.15) is 10.4 Å². The van der Waals surface area contributed by atoms with E-state index in [1.807, 2.05) is 0 Å². The van der Waals surface area contributed by atoms with Crippen LogP contribution in [-0.2, 0) is 0 Å². The van der Waals surface area contributed by atoms with Crippen LogP contribution >= 0.6 is 0 Å². The third kappa shape index (κ3) is 3.24. The van der Waals surface area contributed by atoms with Crippen LogP contribution in [0, 0.1) is 5.82 Å². The maximum atomic E-state index is 13.9. The summed E-state index contributed by atoms with van der Waals surface area (Å²) in [5.74, 6) is 0.569. The van der Waals surface area contributed by atoms with Crippen LogP contribution in [-0.4, -0.2) is 61.5 Å². The number of fused-ring (bicyclic) bond motifs is 1. The van der Waals surface area contributed by atoms with E-state index >= 15 is 0 Å². The highest BCUT2D eigenvalue weighted by molar-refractivity contribution is 6.07. The maximum Gasteiger partial charge on any atom is 0.256 e. The van der Waals surface area contributed by atoms with Crippen molar-refractivity contribution in [1.82, 2.24) is 29.4 Å². The molecule has 1 amide bonds. The average Bonchev–Trinajstić information content (AvgIpc) is 3.18. The molecule has 4 aromatic rings. The monoisotopic (exact) mass is 403 g/mol. The Morgan fingerprint density at radius 2 is 1.50 bits per heavy atom. The van der Waals surface area contributed by atoms with Gasteiger partial charge in [0.15, 0.2) is 0 Å². The predicted octanol–water partition coefficient (Wildman–Crippen LogP) is 2.31. The van der Waals surface area contributed by atoms with E-state index in [4.69, 9.17) is 0 Å². The Balaban J connectivity index is 1.44. The highest BCUT2D eigenvalue weighted by atomic mass is 19.1. The number of carbonyl (C=O) groups excluding carboxylic acids is 1. The Morgan fingerprint density at radius 3 is 2.17 bits per heavy atom. The van der Waals surface area contributed by atoms with Gasteiger partial charge in [-0.2, -0.15) is 0 Å². The van der Waals surface area contributed by atoms with Crippen molar-refractivity contribution in [2.24, 2.45) is 0 Å². The molecule has 0 N–H and O–H groups in total. The Hall–Kier alpha value is -3.88. The number of piperazine rings is 1. The smallest absolute Gasteiger partial charge is 0.256 e. The van der Waals surface area contributed by atoms with Crippen molar-refractivity contribution in [3.63, 3.8) is 0 Å². The second kappa shape index (κ2) is 7.51. The number of rotatable bonds is 3. The number of amides is 1. The summed E-state index contributed by atoms with van der Waals surface area (Å²) in [4.78, 5) is 34.2. The molecular weight excluding hydrogens is 385 g/mol. The number of carbonyl (C=O) groups is 1. The van der Waals surface area contributed by atoms with Gasteiger partial charge in [0.1, 0.15) is 5.82 Å². The van der Waals surface area contributed by atoms with Crippen molar-refractivity contribution < 1.29 is 9.18 Å². The normalized spacial score (nSPS) is 14.3. The van der Waals surface area contributed by atoms with E-state index < -0.39 is 0 Å². The van der Waals surface area contributed by atoms with E-state index in [2.05, 4.69) is 24.8 Å².